The summed E-state index contributed by atoms with van der Waals surface area (Å²) in [5.74, 6) is -0.293. The monoisotopic (exact) mass is 391 g/mol. The number of rotatable bonds is 5. The maximum atomic E-state index is 13.1. The standard InChI is InChI=1S/C23H25N3O3/c1-3-15(2)16-8-10-18(11-9-16)24-20(27)14-26-21(28)23(25-22(26)29)13-12-17-6-4-5-7-19(17)23/h4-11,15H,3,12-14H2,1-2H3,(H,24,27)(H,25,29). The Labute approximate surface area is 170 Å². The van der Waals surface area contributed by atoms with Crippen molar-refractivity contribution in [1.82, 2.24) is 10.2 Å². The highest BCUT2D eigenvalue weighted by atomic mass is 16.2. The van der Waals surface area contributed by atoms with Crippen molar-refractivity contribution < 1.29 is 14.4 Å². The van der Waals surface area contributed by atoms with E-state index in [0.29, 0.717) is 18.0 Å². The van der Waals surface area contributed by atoms with Gasteiger partial charge >= 0.3 is 6.03 Å². The number of anilines is 1. The first-order chi connectivity index (χ1) is 13.9. The van der Waals surface area contributed by atoms with Crippen molar-refractivity contribution in [1.29, 1.82) is 0 Å². The normalized spacial score (nSPS) is 21.2. The first-order valence-electron chi connectivity index (χ1n) is 10.1. The Balaban J connectivity index is 1.45. The third-order valence-corrected chi connectivity index (χ3v) is 6.10. The maximum absolute atomic E-state index is 13.1. The fraction of sp³-hybridized carbons (Fsp3) is 0.348. The van der Waals surface area contributed by atoms with Crippen molar-refractivity contribution >= 4 is 23.5 Å². The quantitative estimate of drug-likeness (QED) is 0.766. The number of benzene rings is 2. The Morgan fingerprint density at radius 1 is 1.17 bits per heavy atom. The van der Waals surface area contributed by atoms with Gasteiger partial charge in [0, 0.05) is 5.69 Å². The summed E-state index contributed by atoms with van der Waals surface area (Å²) in [7, 11) is 0. The van der Waals surface area contributed by atoms with Crippen LogP contribution in [0.15, 0.2) is 48.5 Å². The molecule has 4 rings (SSSR count). The third-order valence-electron chi connectivity index (χ3n) is 6.10. The van der Waals surface area contributed by atoms with Gasteiger partial charge in [-0.25, -0.2) is 4.79 Å². The van der Waals surface area contributed by atoms with Crippen LogP contribution in [-0.2, 0) is 21.5 Å². The van der Waals surface area contributed by atoms with Crippen LogP contribution in [0.25, 0.3) is 0 Å². The zero-order chi connectivity index (χ0) is 20.6. The van der Waals surface area contributed by atoms with Gasteiger partial charge < -0.3 is 10.6 Å². The number of aryl methyl sites for hydroxylation is 1. The van der Waals surface area contributed by atoms with E-state index in [-0.39, 0.29) is 12.5 Å². The molecule has 1 aliphatic heterocycles. The van der Waals surface area contributed by atoms with Crippen molar-refractivity contribution in [3.8, 4) is 0 Å². The number of nitrogens with one attached hydrogen (secondary N) is 2. The summed E-state index contributed by atoms with van der Waals surface area (Å²) < 4.78 is 0. The summed E-state index contributed by atoms with van der Waals surface area (Å²) in [5, 5.41) is 5.62. The lowest BCUT2D eigenvalue weighted by atomic mass is 9.92. The Bertz CT molecular complexity index is 970. The highest BCUT2D eigenvalue weighted by Crippen LogP contribution is 2.41. The number of carbonyl (C=O) groups is 3. The maximum Gasteiger partial charge on any atom is 0.325 e. The molecule has 29 heavy (non-hydrogen) atoms. The van der Waals surface area contributed by atoms with Crippen LogP contribution < -0.4 is 10.6 Å². The minimum absolute atomic E-state index is 0.304. The number of carbonyl (C=O) groups excluding carboxylic acids is 3. The number of fused-ring (bicyclic) bond motifs is 2. The number of nitrogens with zero attached hydrogens (tertiary/aromatic N) is 1. The van der Waals surface area contributed by atoms with Crippen molar-refractivity contribution in [2.24, 2.45) is 0 Å². The van der Waals surface area contributed by atoms with Gasteiger partial charge in [0.15, 0.2) is 0 Å². The molecule has 0 aromatic heterocycles. The molecule has 2 aliphatic rings. The lowest BCUT2D eigenvalue weighted by molar-refractivity contribution is -0.134. The molecule has 1 spiro atoms. The van der Waals surface area contributed by atoms with Crippen LogP contribution in [0.1, 0.15) is 49.3 Å². The zero-order valence-electron chi connectivity index (χ0n) is 16.7. The number of hydrogen-bond acceptors (Lipinski definition) is 3. The summed E-state index contributed by atoms with van der Waals surface area (Å²) >= 11 is 0. The lowest BCUT2D eigenvalue weighted by Gasteiger charge is -2.22. The average Bonchev–Trinajstić information content (AvgIpc) is 3.21. The fourth-order valence-corrected chi connectivity index (χ4v) is 4.21. The van der Waals surface area contributed by atoms with Gasteiger partial charge in [0.25, 0.3) is 5.91 Å². The van der Waals surface area contributed by atoms with Gasteiger partial charge in [0.1, 0.15) is 12.1 Å². The molecule has 2 N–H and O–H groups in total. The molecule has 1 fully saturated rings. The van der Waals surface area contributed by atoms with E-state index < -0.39 is 17.5 Å². The molecular formula is C23H25N3O3. The average molecular weight is 391 g/mol. The molecule has 2 unspecified atom stereocenters. The van der Waals surface area contributed by atoms with E-state index >= 15 is 0 Å². The number of amides is 4. The minimum atomic E-state index is -1.04. The van der Waals surface area contributed by atoms with E-state index in [1.165, 1.54) is 5.56 Å². The van der Waals surface area contributed by atoms with Crippen LogP contribution in [0.2, 0.25) is 0 Å². The van der Waals surface area contributed by atoms with Crippen LogP contribution >= 0.6 is 0 Å². The van der Waals surface area contributed by atoms with E-state index in [4.69, 9.17) is 0 Å². The van der Waals surface area contributed by atoms with Gasteiger partial charge in [-0.05, 0) is 54.0 Å². The Kier molecular flexibility index (Phi) is 4.86. The second-order valence-electron chi connectivity index (χ2n) is 7.86. The highest BCUT2D eigenvalue weighted by Gasteiger charge is 2.55. The second kappa shape index (κ2) is 7.35. The smallest absolute Gasteiger partial charge is 0.325 e. The van der Waals surface area contributed by atoms with Gasteiger partial charge in [-0.3, -0.25) is 14.5 Å². The molecule has 2 aromatic rings. The van der Waals surface area contributed by atoms with Crippen LogP contribution in [0.5, 0.6) is 0 Å². The van der Waals surface area contributed by atoms with Crippen molar-refractivity contribution in [2.45, 2.75) is 44.6 Å². The molecule has 0 bridgehead atoms. The van der Waals surface area contributed by atoms with Gasteiger partial charge in [-0.15, -0.1) is 0 Å². The Morgan fingerprint density at radius 2 is 1.90 bits per heavy atom. The summed E-state index contributed by atoms with van der Waals surface area (Å²) in [6.07, 6.45) is 2.29. The van der Waals surface area contributed by atoms with Gasteiger partial charge in [-0.2, -0.15) is 0 Å². The zero-order valence-corrected chi connectivity index (χ0v) is 16.7. The molecule has 0 saturated carbocycles. The number of urea groups is 1. The topological polar surface area (TPSA) is 78.5 Å². The summed E-state index contributed by atoms with van der Waals surface area (Å²) in [5.41, 5.74) is 2.72. The molecule has 2 aromatic carbocycles. The largest absolute Gasteiger partial charge is 0.325 e. The number of imide groups is 1. The molecule has 1 aliphatic carbocycles. The highest BCUT2D eigenvalue weighted by molar-refractivity contribution is 6.10. The van der Waals surface area contributed by atoms with E-state index in [9.17, 15) is 14.4 Å². The van der Waals surface area contributed by atoms with E-state index in [1.54, 1.807) is 0 Å². The molecule has 0 radical (unpaired) electrons. The van der Waals surface area contributed by atoms with Gasteiger partial charge in [0.05, 0.1) is 0 Å². The first-order valence-corrected chi connectivity index (χ1v) is 10.1. The lowest BCUT2D eigenvalue weighted by Crippen LogP contribution is -2.42. The van der Waals surface area contributed by atoms with Gasteiger partial charge in [0.2, 0.25) is 5.91 Å². The van der Waals surface area contributed by atoms with Crippen LogP contribution in [0, 0.1) is 0 Å². The molecule has 2 atom stereocenters. The third kappa shape index (κ3) is 3.28. The predicted octanol–water partition coefficient (Wildman–Crippen LogP) is 3.53. The SMILES string of the molecule is CCC(C)c1ccc(NC(=O)CN2C(=O)NC3(CCc4ccccc43)C2=O)cc1. The van der Waals surface area contributed by atoms with E-state index in [1.807, 2.05) is 48.5 Å². The minimum Gasteiger partial charge on any atom is -0.325 e. The molecule has 1 heterocycles. The summed E-state index contributed by atoms with van der Waals surface area (Å²) in [6, 6.07) is 14.8. The van der Waals surface area contributed by atoms with E-state index in [2.05, 4.69) is 24.5 Å². The Morgan fingerprint density at radius 3 is 2.62 bits per heavy atom. The van der Waals surface area contributed by atoms with Crippen molar-refractivity contribution in [3.05, 3.63) is 65.2 Å². The van der Waals surface area contributed by atoms with Gasteiger partial charge in [-0.1, -0.05) is 50.2 Å². The summed E-state index contributed by atoms with van der Waals surface area (Å²) in [6.45, 7) is 3.98. The van der Waals surface area contributed by atoms with E-state index in [0.717, 1.165) is 28.9 Å². The first kappa shape index (κ1) is 19.2. The molecule has 1 saturated heterocycles. The number of hydrogen-bond donors (Lipinski definition) is 2. The molecule has 6 nitrogen and oxygen atoms in total. The molecule has 150 valence electrons. The molecular weight excluding hydrogens is 366 g/mol. The molecule has 6 heteroatoms. The van der Waals surface area contributed by atoms with Crippen molar-refractivity contribution in [2.75, 3.05) is 11.9 Å². The fourth-order valence-electron chi connectivity index (χ4n) is 4.21. The van der Waals surface area contributed by atoms with Crippen LogP contribution in [0.4, 0.5) is 10.5 Å². The van der Waals surface area contributed by atoms with Crippen LogP contribution in [-0.4, -0.2) is 29.3 Å². The Hall–Kier alpha value is -3.15. The van der Waals surface area contributed by atoms with Crippen molar-refractivity contribution in [3.63, 3.8) is 0 Å². The molecule has 4 amide bonds. The van der Waals surface area contributed by atoms with Crippen LogP contribution in [0.3, 0.4) is 0 Å². The second-order valence-corrected chi connectivity index (χ2v) is 7.86. The predicted molar refractivity (Wildman–Crippen MR) is 110 cm³/mol. The summed E-state index contributed by atoms with van der Waals surface area (Å²) in [4.78, 5) is 39.1.